The molecule has 1 aromatic heterocycles. The number of ether oxygens (including phenoxy) is 1. The second kappa shape index (κ2) is 7.19. The number of carbonyl (C=O) groups excluding carboxylic acids is 1. The van der Waals surface area contributed by atoms with Crippen LogP contribution in [0.2, 0.25) is 0 Å². The molecular formula is C20H24FN3O2. The summed E-state index contributed by atoms with van der Waals surface area (Å²) < 4.78 is 21.0. The average Bonchev–Trinajstić information content (AvgIpc) is 3.21. The zero-order chi connectivity index (χ0) is 18.1. The molecule has 2 aromatic rings. The van der Waals surface area contributed by atoms with E-state index in [1.807, 2.05) is 13.0 Å². The van der Waals surface area contributed by atoms with Crippen LogP contribution in [0.25, 0.3) is 5.69 Å². The maximum Gasteiger partial charge on any atom is 0.255 e. The molecule has 2 fully saturated rings. The topological polar surface area (TPSA) is 56.1 Å². The Morgan fingerprint density at radius 3 is 2.88 bits per heavy atom. The van der Waals surface area contributed by atoms with Crippen LogP contribution in [0, 0.1) is 5.82 Å². The molecule has 1 aromatic carbocycles. The minimum atomic E-state index is -0.308. The summed E-state index contributed by atoms with van der Waals surface area (Å²) in [5, 5.41) is 7.74. The maximum atomic E-state index is 13.7. The highest BCUT2D eigenvalue weighted by Crippen LogP contribution is 2.42. The Balaban J connectivity index is 1.67. The van der Waals surface area contributed by atoms with Crippen LogP contribution in [0.15, 0.2) is 24.3 Å². The van der Waals surface area contributed by atoms with Gasteiger partial charge in [-0.05, 0) is 50.3 Å². The van der Waals surface area contributed by atoms with E-state index in [-0.39, 0.29) is 17.8 Å². The number of halogens is 1. The van der Waals surface area contributed by atoms with Gasteiger partial charge in [-0.3, -0.25) is 4.79 Å². The molecular weight excluding hydrogens is 333 g/mol. The van der Waals surface area contributed by atoms with Gasteiger partial charge >= 0.3 is 0 Å². The van der Waals surface area contributed by atoms with E-state index in [0.717, 1.165) is 43.7 Å². The van der Waals surface area contributed by atoms with Gasteiger partial charge < -0.3 is 10.1 Å². The second-order valence-electron chi connectivity index (χ2n) is 7.07. The number of nitrogens with zero attached hydrogens (tertiary/aromatic N) is 2. The van der Waals surface area contributed by atoms with Crippen molar-refractivity contribution >= 4 is 5.91 Å². The highest BCUT2D eigenvalue weighted by Gasteiger charge is 2.34. The zero-order valence-corrected chi connectivity index (χ0v) is 15.0. The smallest absolute Gasteiger partial charge is 0.255 e. The van der Waals surface area contributed by atoms with E-state index in [0.29, 0.717) is 30.1 Å². The summed E-state index contributed by atoms with van der Waals surface area (Å²) in [4.78, 5) is 13.0. The van der Waals surface area contributed by atoms with Crippen LogP contribution in [-0.4, -0.2) is 34.9 Å². The molecule has 1 atom stereocenters. The monoisotopic (exact) mass is 357 g/mol. The van der Waals surface area contributed by atoms with E-state index in [1.165, 1.54) is 12.1 Å². The predicted octanol–water partition coefficient (Wildman–Crippen LogP) is 3.36. The van der Waals surface area contributed by atoms with Crippen LogP contribution in [0.4, 0.5) is 4.39 Å². The van der Waals surface area contributed by atoms with Gasteiger partial charge in [0.2, 0.25) is 0 Å². The molecule has 5 nitrogen and oxygen atoms in total. The van der Waals surface area contributed by atoms with Crippen LogP contribution >= 0.6 is 0 Å². The fraction of sp³-hybridized carbons (Fsp3) is 0.500. The molecule has 26 heavy (non-hydrogen) atoms. The second-order valence-corrected chi connectivity index (χ2v) is 7.07. The van der Waals surface area contributed by atoms with Gasteiger partial charge in [-0.25, -0.2) is 9.07 Å². The van der Waals surface area contributed by atoms with Gasteiger partial charge in [0.25, 0.3) is 5.91 Å². The lowest BCUT2D eigenvalue weighted by atomic mass is 10.1. The summed E-state index contributed by atoms with van der Waals surface area (Å²) in [7, 11) is 0. The highest BCUT2D eigenvalue weighted by atomic mass is 19.1. The Labute approximate surface area is 152 Å². The molecule has 1 aliphatic carbocycles. The number of aromatic nitrogens is 2. The molecule has 0 spiro atoms. The largest absolute Gasteiger partial charge is 0.376 e. The van der Waals surface area contributed by atoms with Crippen LogP contribution in [0.1, 0.15) is 60.3 Å². The highest BCUT2D eigenvalue weighted by molar-refractivity contribution is 5.97. The van der Waals surface area contributed by atoms with Crippen molar-refractivity contribution < 1.29 is 13.9 Å². The fourth-order valence-corrected chi connectivity index (χ4v) is 3.61. The Morgan fingerprint density at radius 1 is 1.38 bits per heavy atom. The minimum absolute atomic E-state index is 0.0955. The lowest BCUT2D eigenvalue weighted by molar-refractivity contribution is 0.0856. The van der Waals surface area contributed by atoms with E-state index in [9.17, 15) is 9.18 Å². The molecule has 1 unspecified atom stereocenters. The molecule has 6 heteroatoms. The lowest BCUT2D eigenvalue weighted by Gasteiger charge is -2.12. The fourth-order valence-electron chi connectivity index (χ4n) is 3.61. The molecule has 2 heterocycles. The van der Waals surface area contributed by atoms with Crippen molar-refractivity contribution in [2.75, 3.05) is 13.2 Å². The SMILES string of the molecule is CCc1c(C(=O)NCC2CCCO2)c(C2CC2)nn1-c1cccc(F)c1. The van der Waals surface area contributed by atoms with E-state index in [4.69, 9.17) is 9.84 Å². The van der Waals surface area contributed by atoms with Gasteiger partial charge in [-0.1, -0.05) is 13.0 Å². The molecule has 0 bridgehead atoms. The Kier molecular flexibility index (Phi) is 4.76. The molecule has 138 valence electrons. The van der Waals surface area contributed by atoms with Crippen molar-refractivity contribution in [3.8, 4) is 5.69 Å². The van der Waals surface area contributed by atoms with Crippen molar-refractivity contribution in [3.05, 3.63) is 47.0 Å². The number of rotatable bonds is 6. The normalized spacial score (nSPS) is 19.7. The van der Waals surface area contributed by atoms with Gasteiger partial charge in [0.1, 0.15) is 5.82 Å². The van der Waals surface area contributed by atoms with Gasteiger partial charge in [0, 0.05) is 19.1 Å². The number of carbonyl (C=O) groups is 1. The summed E-state index contributed by atoms with van der Waals surface area (Å²) in [6.07, 6.45) is 4.89. The van der Waals surface area contributed by atoms with Crippen LogP contribution in [0.5, 0.6) is 0 Å². The summed E-state index contributed by atoms with van der Waals surface area (Å²) in [6.45, 7) is 3.29. The van der Waals surface area contributed by atoms with E-state index in [2.05, 4.69) is 5.32 Å². The number of benzene rings is 1. The van der Waals surface area contributed by atoms with Gasteiger partial charge in [0.05, 0.1) is 28.7 Å². The van der Waals surface area contributed by atoms with E-state index in [1.54, 1.807) is 10.7 Å². The maximum absolute atomic E-state index is 13.7. The summed E-state index contributed by atoms with van der Waals surface area (Å²) in [5.41, 5.74) is 3.00. The number of amides is 1. The molecule has 1 N–H and O–H groups in total. The van der Waals surface area contributed by atoms with Crippen LogP contribution < -0.4 is 5.32 Å². The summed E-state index contributed by atoms with van der Waals surface area (Å²) in [6, 6.07) is 6.35. The predicted molar refractivity (Wildman–Crippen MR) is 96.2 cm³/mol. The molecule has 1 aliphatic heterocycles. The first kappa shape index (κ1) is 17.2. The van der Waals surface area contributed by atoms with Gasteiger partial charge in [-0.15, -0.1) is 0 Å². The molecule has 0 radical (unpaired) electrons. The van der Waals surface area contributed by atoms with Gasteiger partial charge in [-0.2, -0.15) is 5.10 Å². The quantitative estimate of drug-likeness (QED) is 0.862. The van der Waals surface area contributed by atoms with Gasteiger partial charge in [0.15, 0.2) is 0 Å². The minimum Gasteiger partial charge on any atom is -0.376 e. The molecule has 1 saturated carbocycles. The third-order valence-corrected chi connectivity index (χ3v) is 5.10. The Morgan fingerprint density at radius 2 is 2.23 bits per heavy atom. The van der Waals surface area contributed by atoms with Crippen molar-refractivity contribution in [2.45, 2.75) is 51.0 Å². The third-order valence-electron chi connectivity index (χ3n) is 5.10. The number of hydrogen-bond acceptors (Lipinski definition) is 3. The van der Waals surface area contributed by atoms with Crippen molar-refractivity contribution in [2.24, 2.45) is 0 Å². The summed E-state index contributed by atoms with van der Waals surface area (Å²) >= 11 is 0. The first-order chi connectivity index (χ1) is 12.7. The van der Waals surface area contributed by atoms with Crippen molar-refractivity contribution in [1.82, 2.24) is 15.1 Å². The molecule has 1 amide bonds. The summed E-state index contributed by atoms with van der Waals surface area (Å²) in [5.74, 6) is -0.0714. The first-order valence-electron chi connectivity index (χ1n) is 9.45. The number of nitrogens with one attached hydrogen (secondary N) is 1. The van der Waals surface area contributed by atoms with E-state index >= 15 is 0 Å². The van der Waals surface area contributed by atoms with E-state index < -0.39 is 0 Å². The average molecular weight is 357 g/mol. The standard InChI is InChI=1S/C20H24FN3O2/c1-2-17-18(20(25)22-12-16-7-4-10-26-16)19(13-8-9-13)23-24(17)15-6-3-5-14(21)11-15/h3,5-6,11,13,16H,2,4,7-10,12H2,1H3,(H,22,25). The lowest BCUT2D eigenvalue weighted by Crippen LogP contribution is -2.32. The number of hydrogen-bond donors (Lipinski definition) is 1. The zero-order valence-electron chi connectivity index (χ0n) is 15.0. The Bertz CT molecular complexity index is 807. The third kappa shape index (κ3) is 3.38. The van der Waals surface area contributed by atoms with Crippen LogP contribution in [-0.2, 0) is 11.2 Å². The Hall–Kier alpha value is -2.21. The van der Waals surface area contributed by atoms with Crippen LogP contribution in [0.3, 0.4) is 0 Å². The molecule has 2 aliphatic rings. The van der Waals surface area contributed by atoms with Crippen molar-refractivity contribution in [1.29, 1.82) is 0 Å². The molecule has 4 rings (SSSR count). The molecule has 1 saturated heterocycles. The van der Waals surface area contributed by atoms with Crippen molar-refractivity contribution in [3.63, 3.8) is 0 Å². The first-order valence-corrected chi connectivity index (χ1v) is 9.45.